The number of aliphatic hydroxyl groups is 1. The molecule has 3 atom stereocenters. The zero-order chi connectivity index (χ0) is 24.8. The van der Waals surface area contributed by atoms with Gasteiger partial charge in [-0.05, 0) is 37.0 Å². The van der Waals surface area contributed by atoms with E-state index in [1.165, 1.54) is 0 Å². The normalized spacial score (nSPS) is 18.8. The second-order valence-electron chi connectivity index (χ2n) is 9.61. The molecule has 2 amide bonds. The van der Waals surface area contributed by atoms with Gasteiger partial charge in [-0.25, -0.2) is 0 Å². The minimum atomic E-state index is -1.11. The Morgan fingerprint density at radius 2 is 1.43 bits per heavy atom. The highest BCUT2D eigenvalue weighted by atomic mass is 16.3. The lowest BCUT2D eigenvalue weighted by atomic mass is 9.95. The maximum Gasteiger partial charge on any atom is 0.244 e. The number of hydrogen-bond acceptors (Lipinski definition) is 4. The Kier molecular flexibility index (Phi) is 7.63. The van der Waals surface area contributed by atoms with Crippen molar-refractivity contribution in [2.75, 3.05) is 0 Å². The molecule has 35 heavy (non-hydrogen) atoms. The van der Waals surface area contributed by atoms with Crippen molar-refractivity contribution in [2.24, 2.45) is 0 Å². The van der Waals surface area contributed by atoms with Gasteiger partial charge < -0.3 is 15.3 Å². The van der Waals surface area contributed by atoms with Crippen LogP contribution in [0.15, 0.2) is 91.0 Å². The Morgan fingerprint density at radius 1 is 0.914 bits per heavy atom. The quantitative estimate of drug-likeness (QED) is 0.448. The SMILES string of the molecule is CC1(C)NC(C(O)C(Cc2ccccc2)NC(=O)Cc2ccccc2)C(=O)N1Cc1ccccc1. The molecule has 1 aliphatic heterocycles. The summed E-state index contributed by atoms with van der Waals surface area (Å²) in [6, 6.07) is 27.5. The second kappa shape index (κ2) is 10.8. The Labute approximate surface area is 207 Å². The summed E-state index contributed by atoms with van der Waals surface area (Å²) in [5.41, 5.74) is 2.23. The van der Waals surface area contributed by atoms with Crippen LogP contribution in [0.1, 0.15) is 30.5 Å². The van der Waals surface area contributed by atoms with E-state index in [0.717, 1.165) is 16.7 Å². The maximum atomic E-state index is 13.5. The van der Waals surface area contributed by atoms with Crippen LogP contribution in [0.25, 0.3) is 0 Å². The predicted molar refractivity (Wildman–Crippen MR) is 136 cm³/mol. The van der Waals surface area contributed by atoms with Gasteiger partial charge in [-0.2, -0.15) is 0 Å². The van der Waals surface area contributed by atoms with Gasteiger partial charge in [-0.1, -0.05) is 91.0 Å². The minimum absolute atomic E-state index is 0.179. The summed E-state index contributed by atoms with van der Waals surface area (Å²) >= 11 is 0. The van der Waals surface area contributed by atoms with Gasteiger partial charge in [0.2, 0.25) is 11.8 Å². The topological polar surface area (TPSA) is 81.7 Å². The van der Waals surface area contributed by atoms with Crippen LogP contribution in [0, 0.1) is 0 Å². The van der Waals surface area contributed by atoms with E-state index in [2.05, 4.69) is 10.6 Å². The first-order valence-corrected chi connectivity index (χ1v) is 12.0. The Balaban J connectivity index is 1.52. The summed E-state index contributed by atoms with van der Waals surface area (Å²) in [4.78, 5) is 28.2. The number of nitrogens with zero attached hydrogens (tertiary/aromatic N) is 1. The van der Waals surface area contributed by atoms with Crippen molar-refractivity contribution in [3.63, 3.8) is 0 Å². The van der Waals surface area contributed by atoms with Crippen LogP contribution in [-0.2, 0) is 29.0 Å². The first-order valence-electron chi connectivity index (χ1n) is 12.0. The molecule has 1 saturated heterocycles. The lowest BCUT2D eigenvalue weighted by Crippen LogP contribution is -2.56. The average molecular weight is 472 g/mol. The van der Waals surface area contributed by atoms with Crippen LogP contribution >= 0.6 is 0 Å². The molecule has 0 saturated carbocycles. The van der Waals surface area contributed by atoms with E-state index in [1.54, 1.807) is 4.90 Å². The molecular weight excluding hydrogens is 438 g/mol. The van der Waals surface area contributed by atoms with Crippen LogP contribution in [0.2, 0.25) is 0 Å². The standard InChI is InChI=1S/C29H33N3O3/c1-29(2)31-26(28(35)32(29)20-23-16-10-5-11-17-23)27(34)24(18-21-12-6-3-7-13-21)30-25(33)19-22-14-8-4-9-15-22/h3-17,24,26-27,31,34H,18-20H2,1-2H3,(H,30,33). The van der Waals surface area contributed by atoms with Gasteiger partial charge in [0.25, 0.3) is 0 Å². The summed E-state index contributed by atoms with van der Waals surface area (Å²) in [6.45, 7) is 4.30. The zero-order valence-corrected chi connectivity index (χ0v) is 20.2. The number of hydrogen-bond donors (Lipinski definition) is 3. The van der Waals surface area contributed by atoms with Gasteiger partial charge >= 0.3 is 0 Å². The Hall–Kier alpha value is -3.48. The van der Waals surface area contributed by atoms with Gasteiger partial charge in [-0.15, -0.1) is 0 Å². The number of nitrogens with one attached hydrogen (secondary N) is 2. The van der Waals surface area contributed by atoms with Gasteiger partial charge in [0.05, 0.1) is 24.2 Å². The largest absolute Gasteiger partial charge is 0.389 e. The molecule has 4 rings (SSSR count). The van der Waals surface area contributed by atoms with Crippen molar-refractivity contribution < 1.29 is 14.7 Å². The summed E-state index contributed by atoms with van der Waals surface area (Å²) in [5.74, 6) is -0.372. The van der Waals surface area contributed by atoms with Crippen molar-refractivity contribution in [1.82, 2.24) is 15.5 Å². The van der Waals surface area contributed by atoms with Gasteiger partial charge in [-0.3, -0.25) is 14.9 Å². The molecule has 0 aromatic heterocycles. The van der Waals surface area contributed by atoms with Crippen LogP contribution in [-0.4, -0.2) is 45.7 Å². The van der Waals surface area contributed by atoms with Gasteiger partial charge in [0.15, 0.2) is 0 Å². The minimum Gasteiger partial charge on any atom is -0.389 e. The molecule has 1 fully saturated rings. The number of rotatable bonds is 9. The molecule has 0 aliphatic carbocycles. The summed E-state index contributed by atoms with van der Waals surface area (Å²) in [5, 5.41) is 17.8. The van der Waals surface area contributed by atoms with Crippen LogP contribution in [0.4, 0.5) is 0 Å². The van der Waals surface area contributed by atoms with Crippen molar-refractivity contribution in [3.8, 4) is 0 Å². The van der Waals surface area contributed by atoms with Crippen molar-refractivity contribution >= 4 is 11.8 Å². The fraction of sp³-hybridized carbons (Fsp3) is 0.310. The number of amides is 2. The molecule has 3 N–H and O–H groups in total. The van der Waals surface area contributed by atoms with Crippen LogP contribution in [0.5, 0.6) is 0 Å². The van der Waals surface area contributed by atoms with E-state index in [0.29, 0.717) is 13.0 Å². The highest BCUT2D eigenvalue weighted by molar-refractivity contribution is 5.86. The molecule has 3 aromatic rings. The number of benzene rings is 3. The molecule has 1 aliphatic rings. The molecule has 0 radical (unpaired) electrons. The molecule has 182 valence electrons. The van der Waals surface area contributed by atoms with E-state index in [-0.39, 0.29) is 18.2 Å². The predicted octanol–water partition coefficient (Wildman–Crippen LogP) is 3.05. The van der Waals surface area contributed by atoms with E-state index in [4.69, 9.17) is 0 Å². The molecule has 6 nitrogen and oxygen atoms in total. The van der Waals surface area contributed by atoms with Crippen LogP contribution in [0.3, 0.4) is 0 Å². The fourth-order valence-corrected chi connectivity index (χ4v) is 4.63. The Bertz CT molecular complexity index is 1120. The van der Waals surface area contributed by atoms with Crippen molar-refractivity contribution in [2.45, 2.75) is 57.1 Å². The van der Waals surface area contributed by atoms with Gasteiger partial charge in [0.1, 0.15) is 6.04 Å². The zero-order valence-electron chi connectivity index (χ0n) is 20.2. The van der Waals surface area contributed by atoms with E-state index in [1.807, 2.05) is 105 Å². The first kappa shape index (κ1) is 24.6. The van der Waals surface area contributed by atoms with Crippen molar-refractivity contribution in [1.29, 1.82) is 0 Å². The van der Waals surface area contributed by atoms with E-state index < -0.39 is 23.9 Å². The summed E-state index contributed by atoms with van der Waals surface area (Å²) in [7, 11) is 0. The molecule has 6 heteroatoms. The molecule has 3 aromatic carbocycles. The summed E-state index contributed by atoms with van der Waals surface area (Å²) in [6.07, 6.45) is -0.494. The highest BCUT2D eigenvalue weighted by Crippen LogP contribution is 2.26. The monoisotopic (exact) mass is 471 g/mol. The van der Waals surface area contributed by atoms with E-state index >= 15 is 0 Å². The first-order chi connectivity index (χ1) is 16.8. The fourth-order valence-electron chi connectivity index (χ4n) is 4.63. The Morgan fingerprint density at radius 3 is 2.00 bits per heavy atom. The number of carbonyl (C=O) groups is 2. The van der Waals surface area contributed by atoms with Crippen molar-refractivity contribution in [3.05, 3.63) is 108 Å². The smallest absolute Gasteiger partial charge is 0.244 e. The lowest BCUT2D eigenvalue weighted by Gasteiger charge is -2.31. The van der Waals surface area contributed by atoms with Crippen LogP contribution < -0.4 is 10.6 Å². The maximum absolute atomic E-state index is 13.5. The van der Waals surface area contributed by atoms with E-state index in [9.17, 15) is 14.7 Å². The average Bonchev–Trinajstić information content (AvgIpc) is 3.08. The number of aliphatic hydroxyl groups excluding tert-OH is 1. The van der Waals surface area contributed by atoms with Gasteiger partial charge in [0, 0.05) is 6.54 Å². The highest BCUT2D eigenvalue weighted by Gasteiger charge is 2.48. The molecular formula is C29H33N3O3. The third kappa shape index (κ3) is 6.15. The third-order valence-electron chi connectivity index (χ3n) is 6.51. The molecule has 1 heterocycles. The number of carbonyl (C=O) groups excluding carboxylic acids is 2. The lowest BCUT2D eigenvalue weighted by molar-refractivity contribution is -0.135. The summed E-state index contributed by atoms with van der Waals surface area (Å²) < 4.78 is 0. The molecule has 0 spiro atoms. The second-order valence-corrected chi connectivity index (χ2v) is 9.61. The molecule has 3 unspecified atom stereocenters. The molecule has 0 bridgehead atoms. The third-order valence-corrected chi connectivity index (χ3v) is 6.51.